The molecule has 6 rings (SSSR count). The molecule has 3 aliphatic heterocycles. The van der Waals surface area contributed by atoms with Crippen LogP contribution in [0, 0.1) is 17.5 Å². The zero-order chi connectivity index (χ0) is 39.6. The number of amides is 5. The van der Waals surface area contributed by atoms with Crippen molar-refractivity contribution >= 4 is 51.7 Å². The van der Waals surface area contributed by atoms with E-state index >= 15 is 0 Å². The summed E-state index contributed by atoms with van der Waals surface area (Å²) in [6, 6.07) is 3.36. The molecule has 20 heteroatoms. The summed E-state index contributed by atoms with van der Waals surface area (Å²) in [6.45, 7) is 3.50. The van der Waals surface area contributed by atoms with Crippen molar-refractivity contribution in [3.8, 4) is 17.0 Å². The predicted molar refractivity (Wildman–Crippen MR) is 193 cm³/mol. The number of benzene rings is 2. The third-order valence-electron chi connectivity index (χ3n) is 8.85. The van der Waals surface area contributed by atoms with Crippen LogP contribution in [0.4, 0.5) is 24.0 Å². The average Bonchev–Trinajstić information content (AvgIpc) is 3.77. The van der Waals surface area contributed by atoms with Gasteiger partial charge in [0.1, 0.15) is 11.9 Å². The van der Waals surface area contributed by atoms with E-state index in [0.29, 0.717) is 32.0 Å². The molecule has 4 heterocycles. The topological polar surface area (TPSA) is 187 Å². The molecule has 56 heavy (non-hydrogen) atoms. The molecule has 3 aliphatic rings. The van der Waals surface area contributed by atoms with Crippen molar-refractivity contribution in [1.29, 1.82) is 0 Å². The van der Waals surface area contributed by atoms with Gasteiger partial charge in [-0.05, 0) is 30.7 Å². The molecule has 2 fully saturated rings. The highest BCUT2D eigenvalue weighted by Gasteiger charge is 2.45. The number of halogens is 3. The van der Waals surface area contributed by atoms with Gasteiger partial charge in [0.15, 0.2) is 23.3 Å². The van der Waals surface area contributed by atoms with E-state index in [1.807, 2.05) is 4.90 Å². The molecule has 1 unspecified atom stereocenters. The number of carbonyl (C=O) groups excluding carboxylic acids is 5. The van der Waals surface area contributed by atoms with Gasteiger partial charge >= 0.3 is 0 Å². The van der Waals surface area contributed by atoms with Crippen LogP contribution in [0.3, 0.4) is 0 Å². The van der Waals surface area contributed by atoms with Crippen LogP contribution in [-0.4, -0.2) is 131 Å². The minimum absolute atomic E-state index is 0.00574. The molecule has 1 aromatic heterocycles. The number of ether oxygens (including phenoxy) is 5. The normalized spacial score (nSPS) is 16.9. The summed E-state index contributed by atoms with van der Waals surface area (Å²) in [5, 5.41) is 9.96. The standard InChI is InChI=1S/C36H39F3N6O10S/c37-24-2-1-21(27-20-56-36(42-27)44-7-11-53-12-8-44)32(31(24)39)55-19-30(47)41-6-10-52-14-16-54-15-13-51-9-5-40-26-18-23-22(17-25(26)38)34(49)45(35(23)50)28-3-4-29(46)43-33(28)48/h1-2,17-18,20,28,40H,3-16,19H2,(H,41,47)(H,43,46,48). The van der Waals surface area contributed by atoms with Gasteiger partial charge in [0.25, 0.3) is 17.7 Å². The highest BCUT2D eigenvalue weighted by Crippen LogP contribution is 2.36. The zero-order valence-corrected chi connectivity index (χ0v) is 30.9. The first-order valence-electron chi connectivity index (χ1n) is 17.8. The molecular formula is C36H39F3N6O10S. The number of thiazole rings is 1. The Balaban J connectivity index is 0.814. The number of nitrogens with zero attached hydrogens (tertiary/aromatic N) is 3. The fourth-order valence-corrected chi connectivity index (χ4v) is 6.92. The van der Waals surface area contributed by atoms with Crippen molar-refractivity contribution < 1.29 is 60.8 Å². The molecule has 0 bridgehead atoms. The number of hydrogen-bond acceptors (Lipinski definition) is 14. The molecule has 1 atom stereocenters. The van der Waals surface area contributed by atoms with Crippen molar-refractivity contribution in [2.45, 2.75) is 18.9 Å². The Hall–Kier alpha value is -5.15. The largest absolute Gasteiger partial charge is 0.480 e. The molecule has 2 saturated heterocycles. The average molecular weight is 805 g/mol. The number of carbonyl (C=O) groups is 5. The molecule has 5 amide bonds. The number of hydrogen-bond donors (Lipinski definition) is 3. The molecule has 3 aromatic rings. The smallest absolute Gasteiger partial charge is 0.262 e. The minimum Gasteiger partial charge on any atom is -0.480 e. The molecule has 0 saturated carbocycles. The number of anilines is 2. The van der Waals surface area contributed by atoms with Gasteiger partial charge in [-0.1, -0.05) is 0 Å². The van der Waals surface area contributed by atoms with Gasteiger partial charge in [-0.15, -0.1) is 11.3 Å². The molecule has 16 nitrogen and oxygen atoms in total. The fourth-order valence-electron chi connectivity index (χ4n) is 6.04. The molecular weight excluding hydrogens is 765 g/mol. The first-order valence-corrected chi connectivity index (χ1v) is 18.7. The van der Waals surface area contributed by atoms with Gasteiger partial charge in [-0.25, -0.2) is 13.8 Å². The molecule has 3 N–H and O–H groups in total. The number of fused-ring (bicyclic) bond motifs is 1. The quantitative estimate of drug-likeness (QED) is 0.118. The summed E-state index contributed by atoms with van der Waals surface area (Å²) in [5.41, 5.74) is 0.403. The van der Waals surface area contributed by atoms with Crippen molar-refractivity contribution in [3.05, 3.63) is 58.2 Å². The van der Waals surface area contributed by atoms with Gasteiger partial charge in [-0.2, -0.15) is 4.39 Å². The van der Waals surface area contributed by atoms with E-state index in [9.17, 15) is 37.1 Å². The Labute approximate surface area is 322 Å². The number of imide groups is 2. The Bertz CT molecular complexity index is 1940. The van der Waals surface area contributed by atoms with Gasteiger partial charge in [0.05, 0.1) is 75.4 Å². The number of nitrogens with one attached hydrogen (secondary N) is 3. The van der Waals surface area contributed by atoms with E-state index in [-0.39, 0.29) is 88.0 Å². The van der Waals surface area contributed by atoms with Gasteiger partial charge in [-0.3, -0.25) is 34.2 Å². The van der Waals surface area contributed by atoms with Crippen LogP contribution in [0.1, 0.15) is 33.6 Å². The molecule has 300 valence electrons. The van der Waals surface area contributed by atoms with Crippen molar-refractivity contribution in [2.24, 2.45) is 0 Å². The summed E-state index contributed by atoms with van der Waals surface area (Å²) in [5.74, 6) is -6.83. The molecule has 0 radical (unpaired) electrons. The Morgan fingerprint density at radius 2 is 1.57 bits per heavy atom. The number of morpholine rings is 1. The highest BCUT2D eigenvalue weighted by atomic mass is 32.1. The summed E-state index contributed by atoms with van der Waals surface area (Å²) in [7, 11) is 0. The van der Waals surface area contributed by atoms with Crippen LogP contribution < -0.4 is 25.6 Å². The summed E-state index contributed by atoms with van der Waals surface area (Å²) >= 11 is 1.36. The SMILES string of the molecule is O=C(COc1c(-c2csc(N3CCOCC3)n2)ccc(F)c1F)NCCOCCOCCOCCNc1cc2c(cc1F)C(=O)N(C1CCC(=O)NC1=O)C2=O. The second kappa shape index (κ2) is 19.1. The van der Waals surface area contributed by atoms with Gasteiger partial charge in [0, 0.05) is 43.5 Å². The monoisotopic (exact) mass is 804 g/mol. The van der Waals surface area contributed by atoms with E-state index in [2.05, 4.69) is 20.9 Å². The second-order valence-corrected chi connectivity index (χ2v) is 13.4. The van der Waals surface area contributed by atoms with E-state index in [1.165, 1.54) is 23.5 Å². The first kappa shape index (κ1) is 40.5. The maximum Gasteiger partial charge on any atom is 0.262 e. The predicted octanol–water partition coefficient (Wildman–Crippen LogP) is 2.12. The van der Waals surface area contributed by atoms with Crippen molar-refractivity contribution in [3.63, 3.8) is 0 Å². The maximum absolute atomic E-state index is 14.8. The Morgan fingerprint density at radius 3 is 2.29 bits per heavy atom. The van der Waals surface area contributed by atoms with E-state index in [1.54, 1.807) is 5.38 Å². The van der Waals surface area contributed by atoms with Crippen LogP contribution in [0.15, 0.2) is 29.6 Å². The third-order valence-corrected chi connectivity index (χ3v) is 9.75. The van der Waals surface area contributed by atoms with Crippen molar-refractivity contribution in [1.82, 2.24) is 20.5 Å². The van der Waals surface area contributed by atoms with Crippen LogP contribution in [0.2, 0.25) is 0 Å². The lowest BCUT2D eigenvalue weighted by atomic mass is 10.0. The fraction of sp³-hybridized carbons (Fsp3) is 0.444. The van der Waals surface area contributed by atoms with Gasteiger partial charge in [0.2, 0.25) is 17.6 Å². The van der Waals surface area contributed by atoms with Crippen LogP contribution >= 0.6 is 11.3 Å². The Morgan fingerprint density at radius 1 is 0.893 bits per heavy atom. The van der Waals surface area contributed by atoms with E-state index < -0.39 is 65.4 Å². The summed E-state index contributed by atoms with van der Waals surface area (Å²) in [4.78, 5) is 69.2. The lowest BCUT2D eigenvalue weighted by Crippen LogP contribution is -2.54. The number of aromatic nitrogens is 1. The van der Waals surface area contributed by atoms with Crippen LogP contribution in [0.25, 0.3) is 11.3 Å². The lowest BCUT2D eigenvalue weighted by molar-refractivity contribution is -0.136. The van der Waals surface area contributed by atoms with E-state index in [0.717, 1.165) is 22.2 Å². The number of rotatable bonds is 19. The molecule has 0 spiro atoms. The molecule has 2 aromatic carbocycles. The summed E-state index contributed by atoms with van der Waals surface area (Å²) in [6.07, 6.45) is -0.0298. The second-order valence-electron chi connectivity index (χ2n) is 12.6. The highest BCUT2D eigenvalue weighted by molar-refractivity contribution is 7.14. The van der Waals surface area contributed by atoms with Gasteiger partial charge < -0.3 is 39.2 Å². The lowest BCUT2D eigenvalue weighted by Gasteiger charge is -2.27. The zero-order valence-electron chi connectivity index (χ0n) is 30.0. The third kappa shape index (κ3) is 9.80. The van der Waals surface area contributed by atoms with Crippen LogP contribution in [-0.2, 0) is 33.3 Å². The minimum atomic E-state index is -1.21. The number of piperidine rings is 1. The van der Waals surface area contributed by atoms with E-state index in [4.69, 9.17) is 23.7 Å². The molecule has 0 aliphatic carbocycles. The van der Waals surface area contributed by atoms with Crippen molar-refractivity contribution in [2.75, 3.05) is 95.9 Å². The Kier molecular flexibility index (Phi) is 13.8. The maximum atomic E-state index is 14.8. The van der Waals surface area contributed by atoms with Crippen LogP contribution in [0.5, 0.6) is 5.75 Å². The summed E-state index contributed by atoms with van der Waals surface area (Å²) < 4.78 is 70.7. The first-order chi connectivity index (χ1) is 27.1.